The van der Waals surface area contributed by atoms with Crippen molar-refractivity contribution in [3.63, 3.8) is 0 Å². The molecule has 0 heterocycles. The van der Waals surface area contributed by atoms with Crippen LogP contribution in [0.5, 0.6) is 0 Å². The molecule has 1 amide bonds. The molecule has 6 heteroatoms. The minimum atomic E-state index is -2.87. The molecule has 0 fully saturated rings. The molecule has 0 unspecified atom stereocenters. The number of hydrogen-bond acceptors (Lipinski definition) is 2. The molecule has 0 radical (unpaired) electrons. The molecule has 24 heavy (non-hydrogen) atoms. The topological polar surface area (TPSA) is 101 Å². The van der Waals surface area contributed by atoms with E-state index in [1.165, 1.54) is 70.6 Å². The molecule has 0 aromatic heterocycles. The van der Waals surface area contributed by atoms with Crippen LogP contribution in [0, 0.1) is 0 Å². The fourth-order valence-corrected chi connectivity index (χ4v) is 2.37. The summed E-state index contributed by atoms with van der Waals surface area (Å²) < 4.78 is 8.70. The highest BCUT2D eigenvalue weighted by Crippen LogP contribution is 2.09. The largest absolute Gasteiger partial charge is 0.692 e. The Morgan fingerprint density at radius 3 is 1.62 bits per heavy atom. The summed E-state index contributed by atoms with van der Waals surface area (Å²) in [7, 11) is -2.87. The van der Waals surface area contributed by atoms with Crippen molar-refractivity contribution in [3.05, 3.63) is 12.2 Å². The van der Waals surface area contributed by atoms with Crippen LogP contribution in [-0.4, -0.2) is 15.7 Å². The molecule has 0 saturated carbocycles. The van der Waals surface area contributed by atoms with Crippen LogP contribution in [0.4, 0.5) is 0 Å². The van der Waals surface area contributed by atoms with E-state index in [1.807, 2.05) is 0 Å². The summed E-state index contributed by atoms with van der Waals surface area (Å²) in [5, 5.41) is 0. The number of unbranched alkanes of at least 4 members (excludes halogenated alkanes) is 11. The smallest absolute Gasteiger partial charge is 0.370 e. The van der Waals surface area contributed by atoms with E-state index in [4.69, 9.17) is 20.1 Å². The Kier molecular flexibility index (Phi) is 23.6. The van der Waals surface area contributed by atoms with Gasteiger partial charge in [0.1, 0.15) is 0 Å². The van der Waals surface area contributed by atoms with E-state index in [2.05, 4.69) is 19.1 Å². The van der Waals surface area contributed by atoms with Crippen LogP contribution in [0.2, 0.25) is 0 Å². The Morgan fingerprint density at radius 1 is 0.833 bits per heavy atom. The zero-order valence-corrected chi connectivity index (χ0v) is 16.2. The van der Waals surface area contributed by atoms with E-state index < -0.39 is 8.25 Å². The van der Waals surface area contributed by atoms with E-state index in [1.54, 1.807) is 0 Å². The number of carbonyl (C=O) groups is 1. The Morgan fingerprint density at radius 2 is 1.21 bits per heavy atom. The molecule has 4 N–H and O–H groups in total. The number of carbonyl (C=O) groups excluding carboxylic acids is 1. The lowest BCUT2D eigenvalue weighted by molar-refractivity contribution is -0.118. The highest BCUT2D eigenvalue weighted by atomic mass is 31.1. The van der Waals surface area contributed by atoms with Gasteiger partial charge in [-0.1, -0.05) is 70.4 Å². The SMILES string of the molecule is CCCCCCCC/C=C\CCCCCCCC(N)=O.O=[P+](O)O. The summed E-state index contributed by atoms with van der Waals surface area (Å²) in [6, 6.07) is 0. The first-order chi connectivity index (χ1) is 11.5. The minimum Gasteiger partial charge on any atom is -0.370 e. The zero-order chi connectivity index (χ0) is 18.5. The van der Waals surface area contributed by atoms with E-state index in [9.17, 15) is 4.79 Å². The molecule has 5 nitrogen and oxygen atoms in total. The molecule has 0 saturated heterocycles. The van der Waals surface area contributed by atoms with Crippen molar-refractivity contribution < 1.29 is 19.1 Å². The molecular formula is C18H37NO4P+. The third kappa shape index (κ3) is 33.0. The third-order valence-electron chi connectivity index (χ3n) is 3.68. The van der Waals surface area contributed by atoms with Gasteiger partial charge in [-0.05, 0) is 32.1 Å². The number of amides is 1. The van der Waals surface area contributed by atoms with E-state index in [0.717, 1.165) is 12.8 Å². The van der Waals surface area contributed by atoms with Crippen molar-refractivity contribution in [1.29, 1.82) is 0 Å². The fraction of sp³-hybridized carbons (Fsp3) is 0.833. The van der Waals surface area contributed by atoms with Gasteiger partial charge in [-0.2, -0.15) is 0 Å². The number of rotatable bonds is 15. The van der Waals surface area contributed by atoms with Crippen molar-refractivity contribution in [2.24, 2.45) is 5.73 Å². The van der Waals surface area contributed by atoms with E-state index in [0.29, 0.717) is 6.42 Å². The monoisotopic (exact) mass is 362 g/mol. The molecule has 0 bridgehead atoms. The zero-order valence-electron chi connectivity index (χ0n) is 15.3. The van der Waals surface area contributed by atoms with Crippen molar-refractivity contribution in [3.8, 4) is 0 Å². The van der Waals surface area contributed by atoms with Gasteiger partial charge in [-0.15, -0.1) is 9.79 Å². The normalized spacial score (nSPS) is 10.5. The number of primary amides is 1. The summed E-state index contributed by atoms with van der Waals surface area (Å²) in [4.78, 5) is 24.8. The van der Waals surface area contributed by atoms with Gasteiger partial charge in [-0.3, -0.25) is 4.79 Å². The van der Waals surface area contributed by atoms with E-state index >= 15 is 0 Å². The maximum atomic E-state index is 10.5. The van der Waals surface area contributed by atoms with Gasteiger partial charge in [0.2, 0.25) is 5.91 Å². The summed E-state index contributed by atoms with van der Waals surface area (Å²) in [6.45, 7) is 2.26. The van der Waals surface area contributed by atoms with E-state index in [-0.39, 0.29) is 5.91 Å². The quantitative estimate of drug-likeness (QED) is 0.213. The third-order valence-corrected chi connectivity index (χ3v) is 3.68. The summed E-state index contributed by atoms with van der Waals surface area (Å²) in [5.41, 5.74) is 5.10. The van der Waals surface area contributed by atoms with Gasteiger partial charge in [0.25, 0.3) is 0 Å². The highest BCUT2D eigenvalue weighted by molar-refractivity contribution is 7.30. The van der Waals surface area contributed by atoms with Gasteiger partial charge in [0.05, 0.1) is 0 Å². The van der Waals surface area contributed by atoms with Crippen LogP contribution in [-0.2, 0) is 9.36 Å². The number of allylic oxidation sites excluding steroid dienone is 2. The predicted molar refractivity (Wildman–Crippen MR) is 101 cm³/mol. The van der Waals surface area contributed by atoms with Crippen LogP contribution in [0.15, 0.2) is 12.2 Å². The standard InChI is InChI=1S/C18H35NO.HO3P/c1-2-3-4-5-6-7-8-9-10-11-12-13-14-15-16-17-18(19)20;1-4(2)3/h9-10H,2-8,11-17H2,1H3,(H2,19,20);(H-,1,2,3)/p+1/b10-9-;. The van der Waals surface area contributed by atoms with Crippen molar-refractivity contribution in [2.75, 3.05) is 0 Å². The number of nitrogens with two attached hydrogens (primary N) is 1. The van der Waals surface area contributed by atoms with Crippen molar-refractivity contribution in [2.45, 2.75) is 96.8 Å². The minimum absolute atomic E-state index is 0.164. The first kappa shape index (κ1) is 25.5. The molecule has 0 aliphatic carbocycles. The molecule has 0 aromatic carbocycles. The maximum Gasteiger partial charge on any atom is 0.692 e. The Labute approximate surface area is 148 Å². The lowest BCUT2D eigenvalue weighted by atomic mass is 10.1. The van der Waals surface area contributed by atoms with Crippen LogP contribution in [0.3, 0.4) is 0 Å². The molecule has 0 spiro atoms. The van der Waals surface area contributed by atoms with Crippen LogP contribution in [0.25, 0.3) is 0 Å². The summed E-state index contributed by atoms with van der Waals surface area (Å²) >= 11 is 0. The number of hydrogen-bond donors (Lipinski definition) is 3. The molecule has 0 aromatic rings. The van der Waals surface area contributed by atoms with Crippen LogP contribution in [0.1, 0.15) is 96.8 Å². The lowest BCUT2D eigenvalue weighted by Crippen LogP contribution is -2.09. The van der Waals surface area contributed by atoms with Gasteiger partial charge in [0.15, 0.2) is 0 Å². The molecule has 0 aliphatic rings. The average Bonchev–Trinajstić information content (AvgIpc) is 2.50. The van der Waals surface area contributed by atoms with Crippen LogP contribution < -0.4 is 5.73 Å². The maximum absolute atomic E-state index is 10.5. The van der Waals surface area contributed by atoms with Crippen molar-refractivity contribution in [1.82, 2.24) is 0 Å². The van der Waals surface area contributed by atoms with Crippen LogP contribution >= 0.6 is 8.25 Å². The van der Waals surface area contributed by atoms with Gasteiger partial charge in [0, 0.05) is 11.0 Å². The second-order valence-electron chi connectivity index (χ2n) is 6.05. The lowest BCUT2D eigenvalue weighted by Gasteiger charge is -1.99. The van der Waals surface area contributed by atoms with Crippen molar-refractivity contribution >= 4 is 14.2 Å². The summed E-state index contributed by atoms with van der Waals surface area (Å²) in [6.07, 6.45) is 21.9. The first-order valence-corrected chi connectivity index (χ1v) is 10.5. The molecule has 0 atom stereocenters. The summed E-state index contributed by atoms with van der Waals surface area (Å²) in [5.74, 6) is -0.164. The van der Waals surface area contributed by atoms with Gasteiger partial charge >= 0.3 is 8.25 Å². The second kappa shape index (κ2) is 22.2. The first-order valence-electron chi connectivity index (χ1n) is 9.29. The predicted octanol–water partition coefficient (Wildman–Crippen LogP) is 5.14. The van der Waals surface area contributed by atoms with Gasteiger partial charge in [-0.25, -0.2) is 0 Å². The molecule has 0 aliphatic heterocycles. The molecule has 142 valence electrons. The average molecular weight is 362 g/mol. The Hall–Kier alpha value is -0.770. The molecular weight excluding hydrogens is 325 g/mol. The highest BCUT2D eigenvalue weighted by Gasteiger charge is 1.94. The Bertz CT molecular complexity index is 318. The van der Waals surface area contributed by atoms with Gasteiger partial charge < -0.3 is 5.73 Å². The molecule has 0 rings (SSSR count). The fourth-order valence-electron chi connectivity index (χ4n) is 2.37. The second-order valence-corrected chi connectivity index (χ2v) is 6.56. The Balaban J connectivity index is 0.